The maximum absolute atomic E-state index is 12.3. The molecule has 0 bridgehead atoms. The number of para-hydroxylation sites is 1. The highest BCUT2D eigenvalue weighted by atomic mass is 19.4. The Labute approximate surface area is 120 Å². The summed E-state index contributed by atoms with van der Waals surface area (Å²) in [6.07, 6.45) is -2.21. The van der Waals surface area contributed by atoms with E-state index >= 15 is 0 Å². The first-order chi connectivity index (χ1) is 9.98. The molecule has 6 heteroatoms. The van der Waals surface area contributed by atoms with Crippen molar-refractivity contribution in [3.05, 3.63) is 30.0 Å². The van der Waals surface area contributed by atoms with Gasteiger partial charge >= 0.3 is 6.18 Å². The van der Waals surface area contributed by atoms with Crippen LogP contribution in [0.2, 0.25) is 0 Å². The Morgan fingerprint density at radius 2 is 2.10 bits per heavy atom. The summed E-state index contributed by atoms with van der Waals surface area (Å²) in [5.41, 5.74) is 2.25. The van der Waals surface area contributed by atoms with Crippen molar-refractivity contribution in [1.82, 2.24) is 4.98 Å². The van der Waals surface area contributed by atoms with Crippen LogP contribution in [0.5, 0.6) is 5.75 Å². The molecule has 1 aliphatic rings. The Morgan fingerprint density at radius 1 is 1.33 bits per heavy atom. The topological polar surface area (TPSA) is 34.2 Å². The molecule has 3 rings (SSSR count). The monoisotopic (exact) mass is 296 g/mol. The van der Waals surface area contributed by atoms with Gasteiger partial charge in [-0.05, 0) is 25.0 Å². The molecule has 0 saturated heterocycles. The molecule has 3 nitrogen and oxygen atoms in total. The number of anilines is 1. The van der Waals surface area contributed by atoms with Crippen LogP contribution in [0.4, 0.5) is 18.9 Å². The first kappa shape index (κ1) is 14.0. The number of aromatic nitrogens is 1. The quantitative estimate of drug-likeness (QED) is 0.922. The van der Waals surface area contributed by atoms with Gasteiger partial charge in [-0.25, -0.2) is 4.98 Å². The van der Waals surface area contributed by atoms with Gasteiger partial charge in [0.15, 0.2) is 6.61 Å². The Kier molecular flexibility index (Phi) is 3.39. The number of fused-ring (bicyclic) bond motifs is 1. The van der Waals surface area contributed by atoms with E-state index in [9.17, 15) is 13.2 Å². The highest BCUT2D eigenvalue weighted by molar-refractivity contribution is 5.95. The summed E-state index contributed by atoms with van der Waals surface area (Å²) >= 11 is 0. The fourth-order valence-corrected chi connectivity index (χ4v) is 2.31. The Morgan fingerprint density at radius 3 is 2.71 bits per heavy atom. The van der Waals surface area contributed by atoms with E-state index in [1.165, 1.54) is 6.07 Å². The second-order valence-corrected chi connectivity index (χ2v) is 5.18. The molecule has 0 aliphatic heterocycles. The number of rotatable bonds is 4. The van der Waals surface area contributed by atoms with Crippen LogP contribution in [0.25, 0.3) is 10.9 Å². The zero-order chi connectivity index (χ0) is 15.0. The number of benzene rings is 1. The number of nitrogens with one attached hydrogen (secondary N) is 1. The van der Waals surface area contributed by atoms with Gasteiger partial charge in [0.2, 0.25) is 0 Å². The van der Waals surface area contributed by atoms with Gasteiger partial charge in [-0.2, -0.15) is 13.2 Å². The summed E-state index contributed by atoms with van der Waals surface area (Å²) in [7, 11) is 1.79. The fourth-order valence-electron chi connectivity index (χ4n) is 2.31. The van der Waals surface area contributed by atoms with Gasteiger partial charge in [0, 0.05) is 29.7 Å². The summed E-state index contributed by atoms with van der Waals surface area (Å²) < 4.78 is 42.0. The van der Waals surface area contributed by atoms with Crippen LogP contribution in [0.3, 0.4) is 0 Å². The molecule has 2 aromatic rings. The van der Waals surface area contributed by atoms with Crippen LogP contribution in [0.1, 0.15) is 24.5 Å². The largest absolute Gasteiger partial charge is 0.482 e. The maximum atomic E-state index is 12.3. The number of pyridine rings is 1. The van der Waals surface area contributed by atoms with Gasteiger partial charge in [-0.1, -0.05) is 12.1 Å². The van der Waals surface area contributed by atoms with Crippen molar-refractivity contribution >= 4 is 16.6 Å². The molecule has 1 aromatic carbocycles. The summed E-state index contributed by atoms with van der Waals surface area (Å²) in [6.45, 7) is -1.31. The Balaban J connectivity index is 2.05. The van der Waals surface area contributed by atoms with Crippen LogP contribution in [-0.4, -0.2) is 24.8 Å². The average Bonchev–Trinajstić information content (AvgIpc) is 3.27. The smallest absolute Gasteiger partial charge is 0.422 e. The molecule has 0 unspecified atom stereocenters. The zero-order valence-electron chi connectivity index (χ0n) is 11.5. The van der Waals surface area contributed by atoms with Gasteiger partial charge in [0.25, 0.3) is 0 Å². The molecule has 21 heavy (non-hydrogen) atoms. The summed E-state index contributed by atoms with van der Waals surface area (Å²) in [4.78, 5) is 4.51. The molecule has 0 atom stereocenters. The van der Waals surface area contributed by atoms with E-state index < -0.39 is 12.8 Å². The Bertz CT molecular complexity index is 666. The lowest BCUT2D eigenvalue weighted by atomic mass is 10.1. The molecule has 1 aromatic heterocycles. The lowest BCUT2D eigenvalue weighted by molar-refractivity contribution is -0.153. The minimum absolute atomic E-state index is 0.170. The minimum atomic E-state index is -4.36. The van der Waals surface area contributed by atoms with E-state index in [4.69, 9.17) is 4.74 Å². The third-order valence-corrected chi connectivity index (χ3v) is 3.48. The highest BCUT2D eigenvalue weighted by Gasteiger charge is 2.29. The summed E-state index contributed by atoms with van der Waals surface area (Å²) in [6, 6.07) is 6.99. The van der Waals surface area contributed by atoms with Crippen molar-refractivity contribution in [2.75, 3.05) is 19.0 Å². The molecular formula is C15H15F3N2O. The zero-order valence-corrected chi connectivity index (χ0v) is 11.5. The molecule has 0 radical (unpaired) electrons. The van der Waals surface area contributed by atoms with E-state index in [1.54, 1.807) is 13.1 Å². The van der Waals surface area contributed by atoms with Crippen LogP contribution < -0.4 is 10.1 Å². The predicted molar refractivity (Wildman–Crippen MR) is 74.8 cm³/mol. The molecule has 1 heterocycles. The first-order valence-electron chi connectivity index (χ1n) is 6.79. The number of alkyl halides is 3. The maximum Gasteiger partial charge on any atom is 0.422 e. The van der Waals surface area contributed by atoms with Gasteiger partial charge in [0.1, 0.15) is 11.3 Å². The standard InChI is InChI=1S/C15H15F3N2O/c1-19-12-7-11(9-5-6-9)20-14-10(12)3-2-4-13(14)21-8-15(16,17)18/h2-4,7,9H,5-6,8H2,1H3,(H,19,20). The number of hydrogen-bond acceptors (Lipinski definition) is 3. The molecule has 1 saturated carbocycles. The van der Waals surface area contributed by atoms with E-state index in [0.717, 1.165) is 29.6 Å². The van der Waals surface area contributed by atoms with Crippen LogP contribution >= 0.6 is 0 Å². The SMILES string of the molecule is CNc1cc(C2CC2)nc2c(OCC(F)(F)F)cccc12. The van der Waals surface area contributed by atoms with E-state index in [1.807, 2.05) is 12.1 Å². The molecule has 0 amide bonds. The van der Waals surface area contributed by atoms with Gasteiger partial charge in [-0.3, -0.25) is 0 Å². The van der Waals surface area contributed by atoms with Gasteiger partial charge in [-0.15, -0.1) is 0 Å². The van der Waals surface area contributed by atoms with E-state index in [2.05, 4.69) is 10.3 Å². The summed E-state index contributed by atoms with van der Waals surface area (Å²) in [5.74, 6) is 0.584. The Hall–Kier alpha value is -1.98. The van der Waals surface area contributed by atoms with E-state index in [-0.39, 0.29) is 5.75 Å². The number of hydrogen-bond donors (Lipinski definition) is 1. The first-order valence-corrected chi connectivity index (χ1v) is 6.79. The highest BCUT2D eigenvalue weighted by Crippen LogP contribution is 2.42. The second kappa shape index (κ2) is 5.09. The van der Waals surface area contributed by atoms with Crippen molar-refractivity contribution < 1.29 is 17.9 Å². The number of nitrogens with zero attached hydrogens (tertiary/aromatic N) is 1. The second-order valence-electron chi connectivity index (χ2n) is 5.18. The summed E-state index contributed by atoms with van der Waals surface area (Å²) in [5, 5.41) is 3.84. The third-order valence-electron chi connectivity index (χ3n) is 3.48. The lowest BCUT2D eigenvalue weighted by Crippen LogP contribution is -2.19. The average molecular weight is 296 g/mol. The van der Waals surface area contributed by atoms with Crippen LogP contribution in [0, 0.1) is 0 Å². The van der Waals surface area contributed by atoms with Crippen molar-refractivity contribution in [3.8, 4) is 5.75 Å². The lowest BCUT2D eigenvalue weighted by Gasteiger charge is -2.14. The van der Waals surface area contributed by atoms with Crippen molar-refractivity contribution in [2.45, 2.75) is 24.9 Å². The molecule has 112 valence electrons. The van der Waals surface area contributed by atoms with Crippen molar-refractivity contribution in [3.63, 3.8) is 0 Å². The van der Waals surface area contributed by atoms with Crippen molar-refractivity contribution in [2.24, 2.45) is 0 Å². The third kappa shape index (κ3) is 3.04. The fraction of sp³-hybridized carbons (Fsp3) is 0.400. The van der Waals surface area contributed by atoms with Crippen LogP contribution in [-0.2, 0) is 0 Å². The molecule has 0 spiro atoms. The van der Waals surface area contributed by atoms with Crippen molar-refractivity contribution in [1.29, 1.82) is 0 Å². The minimum Gasteiger partial charge on any atom is -0.482 e. The van der Waals surface area contributed by atoms with Gasteiger partial charge in [0.05, 0.1) is 0 Å². The van der Waals surface area contributed by atoms with E-state index in [0.29, 0.717) is 11.4 Å². The molecule has 1 fully saturated rings. The molecular weight excluding hydrogens is 281 g/mol. The molecule has 1 aliphatic carbocycles. The van der Waals surface area contributed by atoms with Gasteiger partial charge < -0.3 is 10.1 Å². The predicted octanol–water partition coefficient (Wildman–Crippen LogP) is 4.10. The normalized spacial score (nSPS) is 15.2. The number of halogens is 3. The molecule has 1 N–H and O–H groups in total. The number of ether oxygens (including phenoxy) is 1. The van der Waals surface area contributed by atoms with Crippen LogP contribution in [0.15, 0.2) is 24.3 Å².